The average molecular weight is 362 g/mol. The summed E-state index contributed by atoms with van der Waals surface area (Å²) in [5, 5.41) is 15.9. The van der Waals surface area contributed by atoms with Crippen LogP contribution >= 0.6 is 11.6 Å². The predicted octanol–water partition coefficient (Wildman–Crippen LogP) is 2.45. The van der Waals surface area contributed by atoms with E-state index in [0.717, 1.165) is 5.56 Å². The standard InChI is InChI=1S/C17H16ClN3O4/c1-10-3-5-12(6-4-10)20-16(23)17(24)21-19-9-11-7-13(18)15(22)14(8-11)25-2/h3-9,22H,1-2H3,(H,20,23)(H,21,24)/b19-9-. The molecule has 0 fully saturated rings. The molecule has 0 aromatic heterocycles. The van der Waals surface area contributed by atoms with Crippen molar-refractivity contribution in [3.05, 3.63) is 52.5 Å². The highest BCUT2D eigenvalue weighted by molar-refractivity contribution is 6.39. The third-order valence-electron chi connectivity index (χ3n) is 3.17. The second kappa shape index (κ2) is 8.16. The molecular formula is C17H16ClN3O4. The number of carbonyl (C=O) groups is 2. The number of hydrogen-bond acceptors (Lipinski definition) is 5. The molecule has 7 nitrogen and oxygen atoms in total. The molecule has 0 heterocycles. The summed E-state index contributed by atoms with van der Waals surface area (Å²) in [6, 6.07) is 9.91. The van der Waals surface area contributed by atoms with Gasteiger partial charge in [-0.2, -0.15) is 5.10 Å². The minimum absolute atomic E-state index is 0.0734. The van der Waals surface area contributed by atoms with Crippen molar-refractivity contribution in [2.45, 2.75) is 6.92 Å². The number of ether oxygens (including phenoxy) is 1. The van der Waals surface area contributed by atoms with Gasteiger partial charge in [0, 0.05) is 5.69 Å². The molecule has 0 aliphatic rings. The summed E-state index contributed by atoms with van der Waals surface area (Å²) in [6.45, 7) is 1.91. The zero-order valence-electron chi connectivity index (χ0n) is 13.5. The fourth-order valence-corrected chi connectivity index (χ4v) is 2.08. The number of amides is 2. The molecule has 0 unspecified atom stereocenters. The molecule has 25 heavy (non-hydrogen) atoms. The monoisotopic (exact) mass is 361 g/mol. The maximum atomic E-state index is 11.8. The second-order valence-electron chi connectivity index (χ2n) is 5.07. The molecule has 2 rings (SSSR count). The van der Waals surface area contributed by atoms with Crippen LogP contribution in [-0.4, -0.2) is 30.2 Å². The van der Waals surface area contributed by atoms with Crippen LogP contribution in [0.4, 0.5) is 5.69 Å². The number of carbonyl (C=O) groups excluding carboxylic acids is 2. The van der Waals surface area contributed by atoms with Gasteiger partial charge in [0.25, 0.3) is 0 Å². The highest BCUT2D eigenvalue weighted by atomic mass is 35.5. The molecule has 130 valence electrons. The summed E-state index contributed by atoms with van der Waals surface area (Å²) in [4.78, 5) is 23.5. The molecule has 0 saturated carbocycles. The predicted molar refractivity (Wildman–Crippen MR) is 95.2 cm³/mol. The van der Waals surface area contributed by atoms with Crippen LogP contribution in [0.25, 0.3) is 0 Å². The average Bonchev–Trinajstić information content (AvgIpc) is 2.59. The third-order valence-corrected chi connectivity index (χ3v) is 3.45. The number of methoxy groups -OCH3 is 1. The third kappa shape index (κ3) is 4.95. The van der Waals surface area contributed by atoms with Crippen molar-refractivity contribution in [2.75, 3.05) is 12.4 Å². The van der Waals surface area contributed by atoms with E-state index < -0.39 is 11.8 Å². The van der Waals surface area contributed by atoms with Crippen LogP contribution in [0.3, 0.4) is 0 Å². The minimum atomic E-state index is -0.923. The molecule has 3 N–H and O–H groups in total. The number of nitrogens with zero attached hydrogens (tertiary/aromatic N) is 1. The maximum absolute atomic E-state index is 11.8. The number of nitrogens with one attached hydrogen (secondary N) is 2. The first-order valence-electron chi connectivity index (χ1n) is 7.18. The van der Waals surface area contributed by atoms with Gasteiger partial charge in [0.15, 0.2) is 11.5 Å². The van der Waals surface area contributed by atoms with E-state index in [1.807, 2.05) is 19.1 Å². The highest BCUT2D eigenvalue weighted by Gasteiger charge is 2.13. The zero-order chi connectivity index (χ0) is 18.4. The Morgan fingerprint density at radius 3 is 2.52 bits per heavy atom. The largest absolute Gasteiger partial charge is 0.503 e. The van der Waals surface area contributed by atoms with Crippen LogP contribution in [0.5, 0.6) is 11.5 Å². The minimum Gasteiger partial charge on any atom is -0.503 e. The van der Waals surface area contributed by atoms with Gasteiger partial charge in [-0.3, -0.25) is 9.59 Å². The molecule has 2 aromatic carbocycles. The lowest BCUT2D eigenvalue weighted by Crippen LogP contribution is -2.32. The molecule has 8 heteroatoms. The fourth-order valence-electron chi connectivity index (χ4n) is 1.86. The number of phenolic OH excluding ortho intramolecular Hbond substituents is 1. The van der Waals surface area contributed by atoms with E-state index in [2.05, 4.69) is 15.8 Å². The summed E-state index contributed by atoms with van der Waals surface area (Å²) in [5.41, 5.74) is 4.12. The highest BCUT2D eigenvalue weighted by Crippen LogP contribution is 2.34. The Morgan fingerprint density at radius 1 is 1.20 bits per heavy atom. The Morgan fingerprint density at radius 2 is 1.88 bits per heavy atom. The van der Waals surface area contributed by atoms with Gasteiger partial charge < -0.3 is 15.2 Å². The van der Waals surface area contributed by atoms with Crippen LogP contribution in [0.2, 0.25) is 5.02 Å². The lowest BCUT2D eigenvalue weighted by atomic mass is 10.2. The fraction of sp³-hybridized carbons (Fsp3) is 0.118. The van der Waals surface area contributed by atoms with Gasteiger partial charge in [0.2, 0.25) is 0 Å². The number of hydrogen-bond donors (Lipinski definition) is 3. The van der Waals surface area contributed by atoms with E-state index in [9.17, 15) is 14.7 Å². The summed E-state index contributed by atoms with van der Waals surface area (Å²) in [7, 11) is 1.38. The summed E-state index contributed by atoms with van der Waals surface area (Å²) < 4.78 is 4.96. The Bertz CT molecular complexity index is 819. The Labute approximate surface area is 149 Å². The van der Waals surface area contributed by atoms with Gasteiger partial charge in [-0.05, 0) is 36.8 Å². The molecule has 0 radical (unpaired) electrons. The van der Waals surface area contributed by atoms with Crippen molar-refractivity contribution in [3.63, 3.8) is 0 Å². The van der Waals surface area contributed by atoms with Gasteiger partial charge in [-0.15, -0.1) is 0 Å². The number of halogens is 1. The first-order chi connectivity index (χ1) is 11.9. The molecular weight excluding hydrogens is 346 g/mol. The lowest BCUT2D eigenvalue weighted by Gasteiger charge is -2.06. The number of benzene rings is 2. The van der Waals surface area contributed by atoms with Gasteiger partial charge in [-0.25, -0.2) is 5.43 Å². The van der Waals surface area contributed by atoms with Crippen molar-refractivity contribution in [1.29, 1.82) is 0 Å². The zero-order valence-corrected chi connectivity index (χ0v) is 14.3. The summed E-state index contributed by atoms with van der Waals surface area (Å²) in [6.07, 6.45) is 1.27. The molecule has 0 atom stereocenters. The topological polar surface area (TPSA) is 100 Å². The van der Waals surface area contributed by atoms with Crippen molar-refractivity contribution < 1.29 is 19.4 Å². The smallest absolute Gasteiger partial charge is 0.329 e. The number of aryl methyl sites for hydroxylation is 1. The normalized spacial score (nSPS) is 10.5. The van der Waals surface area contributed by atoms with Crippen molar-refractivity contribution in [3.8, 4) is 11.5 Å². The van der Waals surface area contributed by atoms with Gasteiger partial charge in [0.05, 0.1) is 18.3 Å². The number of anilines is 1. The number of phenols is 1. The van der Waals surface area contributed by atoms with E-state index >= 15 is 0 Å². The second-order valence-corrected chi connectivity index (χ2v) is 5.48. The van der Waals surface area contributed by atoms with Crippen LogP contribution in [0, 0.1) is 6.92 Å². The first kappa shape index (κ1) is 18.3. The molecule has 0 spiro atoms. The van der Waals surface area contributed by atoms with Crippen LogP contribution in [-0.2, 0) is 9.59 Å². The molecule has 2 aromatic rings. The lowest BCUT2D eigenvalue weighted by molar-refractivity contribution is -0.136. The maximum Gasteiger partial charge on any atom is 0.329 e. The van der Waals surface area contributed by atoms with E-state index in [1.165, 1.54) is 25.5 Å². The van der Waals surface area contributed by atoms with Crippen LogP contribution in [0.1, 0.15) is 11.1 Å². The van der Waals surface area contributed by atoms with E-state index in [1.54, 1.807) is 12.1 Å². The first-order valence-corrected chi connectivity index (χ1v) is 7.56. The summed E-state index contributed by atoms with van der Waals surface area (Å²) >= 11 is 5.85. The summed E-state index contributed by atoms with van der Waals surface area (Å²) in [5.74, 6) is -1.80. The number of hydrazone groups is 1. The quantitative estimate of drug-likeness (QED) is 0.442. The number of aromatic hydroxyl groups is 1. The van der Waals surface area contributed by atoms with E-state index in [-0.39, 0.29) is 16.5 Å². The SMILES string of the molecule is COc1cc(/C=N\NC(=O)C(=O)Nc2ccc(C)cc2)cc(Cl)c1O. The Hall–Kier alpha value is -3.06. The van der Waals surface area contributed by atoms with Crippen molar-refractivity contribution in [1.82, 2.24) is 5.43 Å². The van der Waals surface area contributed by atoms with E-state index in [4.69, 9.17) is 16.3 Å². The molecule has 0 saturated heterocycles. The van der Waals surface area contributed by atoms with Crippen molar-refractivity contribution in [2.24, 2.45) is 5.10 Å². The molecule has 0 aliphatic heterocycles. The van der Waals surface area contributed by atoms with Gasteiger partial charge in [-0.1, -0.05) is 29.3 Å². The van der Waals surface area contributed by atoms with E-state index in [0.29, 0.717) is 11.3 Å². The van der Waals surface area contributed by atoms with Crippen molar-refractivity contribution >= 4 is 35.3 Å². The molecule has 0 aliphatic carbocycles. The Kier molecular flexibility index (Phi) is 5.97. The number of rotatable bonds is 4. The van der Waals surface area contributed by atoms with Crippen LogP contribution < -0.4 is 15.5 Å². The van der Waals surface area contributed by atoms with Gasteiger partial charge in [0.1, 0.15) is 0 Å². The van der Waals surface area contributed by atoms with Crippen LogP contribution in [0.15, 0.2) is 41.5 Å². The Balaban J connectivity index is 1.97. The molecule has 0 bridgehead atoms. The van der Waals surface area contributed by atoms with Gasteiger partial charge >= 0.3 is 11.8 Å². The molecule has 2 amide bonds.